The molecule has 1 aromatic heterocycles. The van der Waals surface area contributed by atoms with Gasteiger partial charge in [0.25, 0.3) is 5.91 Å². The SMILES string of the molecule is Cc1cccc(C)c1NC(=O)CN(C)C(=O)c1ccn(-c2ccc(F)cc2)n1. The number of hydrogen-bond acceptors (Lipinski definition) is 3. The standard InChI is InChI=1S/C21H21FN4O2/c1-14-5-4-6-15(2)20(14)23-19(27)13-25(3)21(28)18-11-12-26(24-18)17-9-7-16(22)8-10-17/h4-12H,13H2,1-3H3,(H,23,27). The summed E-state index contributed by atoms with van der Waals surface area (Å²) < 4.78 is 14.5. The fraction of sp³-hybridized carbons (Fsp3) is 0.190. The number of nitrogens with one attached hydrogen (secondary N) is 1. The number of aromatic nitrogens is 2. The lowest BCUT2D eigenvalue weighted by molar-refractivity contribution is -0.116. The molecule has 7 heteroatoms. The number of benzene rings is 2. The zero-order chi connectivity index (χ0) is 20.3. The lowest BCUT2D eigenvalue weighted by Crippen LogP contribution is -2.35. The number of para-hydroxylation sites is 1. The Kier molecular flexibility index (Phi) is 5.54. The second kappa shape index (κ2) is 8.04. The molecule has 1 N–H and O–H groups in total. The lowest BCUT2D eigenvalue weighted by atomic mass is 10.1. The second-order valence-corrected chi connectivity index (χ2v) is 6.60. The Bertz CT molecular complexity index is 991. The van der Waals surface area contributed by atoms with Gasteiger partial charge in [0.1, 0.15) is 5.82 Å². The molecule has 0 radical (unpaired) electrons. The summed E-state index contributed by atoms with van der Waals surface area (Å²) in [6.07, 6.45) is 1.62. The molecule has 144 valence electrons. The molecule has 0 atom stereocenters. The Morgan fingerprint density at radius 1 is 1.07 bits per heavy atom. The number of carbonyl (C=O) groups is 2. The number of hydrogen-bond donors (Lipinski definition) is 1. The van der Waals surface area contributed by atoms with Crippen molar-refractivity contribution in [2.45, 2.75) is 13.8 Å². The Morgan fingerprint density at radius 2 is 1.71 bits per heavy atom. The van der Waals surface area contributed by atoms with E-state index < -0.39 is 0 Å². The van der Waals surface area contributed by atoms with E-state index in [-0.39, 0.29) is 29.9 Å². The van der Waals surface area contributed by atoms with Crippen molar-refractivity contribution in [3.05, 3.63) is 77.4 Å². The monoisotopic (exact) mass is 380 g/mol. The van der Waals surface area contributed by atoms with E-state index in [9.17, 15) is 14.0 Å². The molecule has 3 aromatic rings. The van der Waals surface area contributed by atoms with Crippen LogP contribution in [0.4, 0.5) is 10.1 Å². The van der Waals surface area contributed by atoms with E-state index in [1.165, 1.54) is 21.7 Å². The minimum absolute atomic E-state index is 0.101. The third-order valence-electron chi connectivity index (χ3n) is 4.37. The number of likely N-dealkylation sites (N-methyl/N-ethyl adjacent to an activating group) is 1. The van der Waals surface area contributed by atoms with Crippen LogP contribution < -0.4 is 5.32 Å². The number of amides is 2. The van der Waals surface area contributed by atoms with Gasteiger partial charge in [0.05, 0.1) is 12.2 Å². The minimum atomic E-state index is -0.377. The van der Waals surface area contributed by atoms with E-state index in [2.05, 4.69) is 10.4 Å². The van der Waals surface area contributed by atoms with Gasteiger partial charge in [-0.3, -0.25) is 9.59 Å². The zero-order valence-corrected chi connectivity index (χ0v) is 15.9. The molecule has 6 nitrogen and oxygen atoms in total. The van der Waals surface area contributed by atoms with Crippen LogP contribution in [0.25, 0.3) is 5.69 Å². The molecule has 0 aliphatic carbocycles. The highest BCUT2D eigenvalue weighted by Gasteiger charge is 2.18. The summed E-state index contributed by atoms with van der Waals surface area (Å²) in [6.45, 7) is 3.73. The summed E-state index contributed by atoms with van der Waals surface area (Å²) in [5.41, 5.74) is 3.51. The minimum Gasteiger partial charge on any atom is -0.331 e. The lowest BCUT2D eigenvalue weighted by Gasteiger charge is -2.17. The highest BCUT2D eigenvalue weighted by Crippen LogP contribution is 2.19. The van der Waals surface area contributed by atoms with Crippen LogP contribution in [-0.4, -0.2) is 40.1 Å². The maximum Gasteiger partial charge on any atom is 0.274 e. The molecule has 1 heterocycles. The molecule has 0 saturated carbocycles. The second-order valence-electron chi connectivity index (χ2n) is 6.60. The molecular weight excluding hydrogens is 359 g/mol. The van der Waals surface area contributed by atoms with Gasteiger partial charge in [-0.05, 0) is 55.3 Å². The van der Waals surface area contributed by atoms with Crippen molar-refractivity contribution >= 4 is 17.5 Å². The van der Waals surface area contributed by atoms with Crippen LogP contribution in [0.1, 0.15) is 21.6 Å². The molecule has 28 heavy (non-hydrogen) atoms. The third kappa shape index (κ3) is 4.25. The summed E-state index contributed by atoms with van der Waals surface area (Å²) in [6, 6.07) is 13.1. The summed E-state index contributed by atoms with van der Waals surface area (Å²) >= 11 is 0. The maximum atomic E-state index is 13.0. The Balaban J connectivity index is 1.66. The molecule has 0 aliphatic rings. The van der Waals surface area contributed by atoms with Crippen LogP contribution in [0.2, 0.25) is 0 Å². The van der Waals surface area contributed by atoms with Crippen LogP contribution >= 0.6 is 0 Å². The molecule has 0 unspecified atom stereocenters. The molecule has 2 aromatic carbocycles. The first-order valence-corrected chi connectivity index (χ1v) is 8.78. The smallest absolute Gasteiger partial charge is 0.274 e. The number of nitrogens with zero attached hydrogens (tertiary/aromatic N) is 3. The number of rotatable bonds is 5. The van der Waals surface area contributed by atoms with Gasteiger partial charge in [0.2, 0.25) is 5.91 Å². The van der Waals surface area contributed by atoms with E-state index >= 15 is 0 Å². The quantitative estimate of drug-likeness (QED) is 0.738. The van der Waals surface area contributed by atoms with Crippen LogP contribution in [0.5, 0.6) is 0 Å². The molecule has 0 spiro atoms. The van der Waals surface area contributed by atoms with Crippen molar-refractivity contribution < 1.29 is 14.0 Å². The van der Waals surface area contributed by atoms with Gasteiger partial charge in [-0.25, -0.2) is 9.07 Å². The van der Waals surface area contributed by atoms with E-state index in [0.29, 0.717) is 5.69 Å². The summed E-state index contributed by atoms with van der Waals surface area (Å²) in [7, 11) is 1.55. The summed E-state index contributed by atoms with van der Waals surface area (Å²) in [5.74, 6) is -1.01. The predicted octanol–water partition coefficient (Wildman–Crippen LogP) is 3.34. The van der Waals surface area contributed by atoms with E-state index in [1.807, 2.05) is 32.0 Å². The zero-order valence-electron chi connectivity index (χ0n) is 15.9. The van der Waals surface area contributed by atoms with Gasteiger partial charge in [-0.2, -0.15) is 5.10 Å². The highest BCUT2D eigenvalue weighted by molar-refractivity contribution is 5.98. The molecule has 3 rings (SSSR count). The average Bonchev–Trinajstić information content (AvgIpc) is 3.15. The predicted molar refractivity (Wildman–Crippen MR) is 105 cm³/mol. The van der Waals surface area contributed by atoms with E-state index in [1.54, 1.807) is 31.4 Å². The first-order chi connectivity index (χ1) is 13.3. The van der Waals surface area contributed by atoms with E-state index in [0.717, 1.165) is 16.8 Å². The third-order valence-corrected chi connectivity index (χ3v) is 4.37. The Labute approximate surface area is 162 Å². The molecule has 2 amide bonds. The van der Waals surface area contributed by atoms with E-state index in [4.69, 9.17) is 0 Å². The molecule has 0 fully saturated rings. The molecule has 0 saturated heterocycles. The first-order valence-electron chi connectivity index (χ1n) is 8.78. The van der Waals surface area contributed by atoms with Crippen molar-refractivity contribution in [1.82, 2.24) is 14.7 Å². The number of carbonyl (C=O) groups excluding carboxylic acids is 2. The molecule has 0 bridgehead atoms. The maximum absolute atomic E-state index is 13.0. The van der Waals surface area contributed by atoms with Gasteiger partial charge in [0.15, 0.2) is 5.69 Å². The summed E-state index contributed by atoms with van der Waals surface area (Å²) in [4.78, 5) is 26.2. The van der Waals surface area contributed by atoms with Gasteiger partial charge in [-0.15, -0.1) is 0 Å². The Morgan fingerprint density at radius 3 is 2.36 bits per heavy atom. The van der Waals surface area contributed by atoms with Crippen LogP contribution in [-0.2, 0) is 4.79 Å². The first kappa shape index (κ1) is 19.3. The Hall–Kier alpha value is -3.48. The highest BCUT2D eigenvalue weighted by atomic mass is 19.1. The normalized spacial score (nSPS) is 10.6. The summed E-state index contributed by atoms with van der Waals surface area (Å²) in [5, 5.41) is 7.08. The molecule has 0 aliphatic heterocycles. The largest absolute Gasteiger partial charge is 0.331 e. The van der Waals surface area contributed by atoms with Crippen molar-refractivity contribution in [3.63, 3.8) is 0 Å². The van der Waals surface area contributed by atoms with Crippen molar-refractivity contribution in [2.24, 2.45) is 0 Å². The van der Waals surface area contributed by atoms with Gasteiger partial charge < -0.3 is 10.2 Å². The number of aryl methyl sites for hydroxylation is 2. The fourth-order valence-corrected chi connectivity index (χ4v) is 2.85. The van der Waals surface area contributed by atoms with Crippen molar-refractivity contribution in [2.75, 3.05) is 18.9 Å². The van der Waals surface area contributed by atoms with Crippen LogP contribution in [0.15, 0.2) is 54.7 Å². The topological polar surface area (TPSA) is 67.2 Å². The van der Waals surface area contributed by atoms with Gasteiger partial charge in [-0.1, -0.05) is 18.2 Å². The van der Waals surface area contributed by atoms with Crippen molar-refractivity contribution in [1.29, 1.82) is 0 Å². The number of halogens is 1. The van der Waals surface area contributed by atoms with Gasteiger partial charge in [0, 0.05) is 18.9 Å². The van der Waals surface area contributed by atoms with Crippen molar-refractivity contribution in [3.8, 4) is 5.69 Å². The van der Waals surface area contributed by atoms with Crippen LogP contribution in [0, 0.1) is 19.7 Å². The van der Waals surface area contributed by atoms with Crippen LogP contribution in [0.3, 0.4) is 0 Å². The average molecular weight is 380 g/mol. The van der Waals surface area contributed by atoms with Gasteiger partial charge >= 0.3 is 0 Å². The fourth-order valence-electron chi connectivity index (χ4n) is 2.85. The number of anilines is 1. The molecular formula is C21H21FN4O2.